The molecule has 1 aromatic carbocycles. The number of guanidine groups is 2. The molecule has 8 heteroatoms. The number of carbonyl (C=O) groups excluding carboxylic acids is 1. The van der Waals surface area contributed by atoms with Crippen molar-refractivity contribution in [3.8, 4) is 0 Å². The number of anilines is 2. The smallest absolute Gasteiger partial charge is 0.337 e. The molecule has 0 aromatic heterocycles. The van der Waals surface area contributed by atoms with Crippen LogP contribution in [0.15, 0.2) is 28.2 Å². The molecule has 0 bridgehead atoms. The quantitative estimate of drug-likeness (QED) is 0.758. The zero-order valence-electron chi connectivity index (χ0n) is 17.1. The Labute approximate surface area is 171 Å². The van der Waals surface area contributed by atoms with E-state index >= 15 is 0 Å². The summed E-state index contributed by atoms with van der Waals surface area (Å²) in [7, 11) is 1.40. The van der Waals surface area contributed by atoms with E-state index in [1.54, 1.807) is 6.07 Å². The highest BCUT2D eigenvalue weighted by atomic mass is 16.5. The van der Waals surface area contributed by atoms with Gasteiger partial charge >= 0.3 is 5.97 Å². The molecule has 1 spiro atoms. The third-order valence-electron chi connectivity index (χ3n) is 6.19. The van der Waals surface area contributed by atoms with E-state index in [0.29, 0.717) is 11.5 Å². The summed E-state index contributed by atoms with van der Waals surface area (Å²) in [6.07, 6.45) is 8.55. The number of nitrogens with two attached hydrogens (primary N) is 2. The van der Waals surface area contributed by atoms with Gasteiger partial charge in [0.1, 0.15) is 5.66 Å². The van der Waals surface area contributed by atoms with Gasteiger partial charge in [0.25, 0.3) is 0 Å². The van der Waals surface area contributed by atoms with Crippen LogP contribution in [-0.2, 0) is 4.74 Å². The second-order valence-corrected chi connectivity index (χ2v) is 8.06. The molecule has 0 radical (unpaired) electrons. The minimum atomic E-state index is -0.508. The number of methoxy groups -OCH3 is 1. The van der Waals surface area contributed by atoms with Gasteiger partial charge in [-0.05, 0) is 63.1 Å². The second kappa shape index (κ2) is 7.93. The first kappa shape index (κ1) is 19.5. The fourth-order valence-electron chi connectivity index (χ4n) is 4.82. The maximum atomic E-state index is 12.2. The molecule has 0 atom stereocenters. The van der Waals surface area contributed by atoms with Crippen molar-refractivity contribution in [3.63, 3.8) is 0 Å². The molecule has 3 aliphatic rings. The molecule has 0 unspecified atom stereocenters. The number of piperidine rings is 1. The van der Waals surface area contributed by atoms with Crippen LogP contribution in [0, 0.1) is 0 Å². The van der Waals surface area contributed by atoms with Crippen LogP contribution in [0.25, 0.3) is 0 Å². The first-order valence-electron chi connectivity index (χ1n) is 10.5. The number of hydrogen-bond donors (Lipinski definition) is 2. The van der Waals surface area contributed by atoms with Gasteiger partial charge in [0.05, 0.1) is 24.0 Å². The minimum Gasteiger partial charge on any atom is -0.465 e. The summed E-state index contributed by atoms with van der Waals surface area (Å²) in [5, 5.41) is 0. The Kier molecular flexibility index (Phi) is 5.34. The number of aliphatic imine (C=N–C) groups is 2. The summed E-state index contributed by atoms with van der Waals surface area (Å²) >= 11 is 0. The van der Waals surface area contributed by atoms with Crippen LogP contribution in [-0.4, -0.2) is 43.8 Å². The molecule has 4 rings (SSSR count). The molecule has 1 saturated heterocycles. The summed E-state index contributed by atoms with van der Waals surface area (Å²) in [6.45, 7) is 1.89. The molecule has 29 heavy (non-hydrogen) atoms. The van der Waals surface area contributed by atoms with Crippen LogP contribution < -0.4 is 21.3 Å². The number of esters is 1. The predicted molar refractivity (Wildman–Crippen MR) is 115 cm³/mol. The van der Waals surface area contributed by atoms with E-state index in [1.807, 2.05) is 17.0 Å². The monoisotopic (exact) mass is 398 g/mol. The fraction of sp³-hybridized carbons (Fsp3) is 0.571. The molecular weight excluding hydrogens is 368 g/mol. The second-order valence-electron chi connectivity index (χ2n) is 8.06. The Hall–Kier alpha value is -2.77. The van der Waals surface area contributed by atoms with Crippen molar-refractivity contribution >= 4 is 29.3 Å². The van der Waals surface area contributed by atoms with E-state index in [2.05, 4.69) is 9.89 Å². The lowest BCUT2D eigenvalue weighted by molar-refractivity contribution is 0.0601. The zero-order chi connectivity index (χ0) is 20.4. The van der Waals surface area contributed by atoms with Crippen LogP contribution in [0.1, 0.15) is 61.7 Å². The van der Waals surface area contributed by atoms with Gasteiger partial charge in [0, 0.05) is 13.1 Å². The van der Waals surface area contributed by atoms with E-state index in [4.69, 9.17) is 21.2 Å². The van der Waals surface area contributed by atoms with Crippen molar-refractivity contribution in [2.24, 2.45) is 21.5 Å². The van der Waals surface area contributed by atoms with Gasteiger partial charge in [-0.2, -0.15) is 4.99 Å². The standard InChI is InChI=1S/C21H30N6O2/c1-29-18(28)15-8-9-16(17(14-15)26-12-6-3-7-13-26)27-20(23)24-19(22)25-21(27)10-4-2-5-11-21/h8-9,14H,2-7,10-13H2,1H3,(H4,22,23,24,25). The molecule has 2 aliphatic heterocycles. The molecule has 1 saturated carbocycles. The van der Waals surface area contributed by atoms with Crippen molar-refractivity contribution in [3.05, 3.63) is 23.8 Å². The molecule has 2 heterocycles. The summed E-state index contributed by atoms with van der Waals surface area (Å²) in [5.74, 6) is 0.263. The first-order chi connectivity index (χ1) is 14.0. The number of hydrogen-bond acceptors (Lipinski definition) is 8. The van der Waals surface area contributed by atoms with Crippen molar-refractivity contribution in [1.29, 1.82) is 0 Å². The maximum Gasteiger partial charge on any atom is 0.337 e. The van der Waals surface area contributed by atoms with Gasteiger partial charge in [0.15, 0.2) is 0 Å². The molecule has 0 amide bonds. The van der Waals surface area contributed by atoms with Gasteiger partial charge in [-0.1, -0.05) is 6.42 Å². The Morgan fingerprint density at radius 3 is 2.41 bits per heavy atom. The molecule has 156 valence electrons. The first-order valence-corrected chi connectivity index (χ1v) is 10.5. The molecule has 1 aromatic rings. The summed E-state index contributed by atoms with van der Waals surface area (Å²) in [5.41, 5.74) is 14.4. The third-order valence-corrected chi connectivity index (χ3v) is 6.19. The Bertz CT molecular complexity index is 838. The van der Waals surface area contributed by atoms with Crippen LogP contribution >= 0.6 is 0 Å². The minimum absolute atomic E-state index is 0.242. The number of benzene rings is 1. The van der Waals surface area contributed by atoms with Crippen molar-refractivity contribution in [2.75, 3.05) is 30.0 Å². The number of nitrogens with zero attached hydrogens (tertiary/aromatic N) is 4. The van der Waals surface area contributed by atoms with E-state index < -0.39 is 5.66 Å². The van der Waals surface area contributed by atoms with E-state index in [-0.39, 0.29) is 11.9 Å². The lowest BCUT2D eigenvalue weighted by atomic mass is 9.87. The lowest BCUT2D eigenvalue weighted by Crippen LogP contribution is -2.58. The van der Waals surface area contributed by atoms with Crippen molar-refractivity contribution in [1.82, 2.24) is 0 Å². The average Bonchev–Trinajstić information content (AvgIpc) is 2.74. The Morgan fingerprint density at radius 1 is 1.03 bits per heavy atom. The van der Waals surface area contributed by atoms with Gasteiger partial charge in [0.2, 0.25) is 11.9 Å². The van der Waals surface area contributed by atoms with Crippen LogP contribution in [0.3, 0.4) is 0 Å². The average molecular weight is 399 g/mol. The highest BCUT2D eigenvalue weighted by Gasteiger charge is 2.43. The Balaban J connectivity index is 1.83. The van der Waals surface area contributed by atoms with E-state index in [0.717, 1.165) is 63.0 Å². The number of ether oxygens (including phenoxy) is 1. The van der Waals surface area contributed by atoms with E-state index in [9.17, 15) is 4.79 Å². The summed E-state index contributed by atoms with van der Waals surface area (Å²) < 4.78 is 4.95. The predicted octanol–water partition coefficient (Wildman–Crippen LogP) is 2.57. The normalized spacial score (nSPS) is 21.6. The van der Waals surface area contributed by atoms with Gasteiger partial charge in [-0.3, -0.25) is 4.90 Å². The molecule has 8 nitrogen and oxygen atoms in total. The number of rotatable bonds is 3. The van der Waals surface area contributed by atoms with Crippen molar-refractivity contribution in [2.45, 2.75) is 57.0 Å². The van der Waals surface area contributed by atoms with Gasteiger partial charge < -0.3 is 21.1 Å². The zero-order valence-corrected chi connectivity index (χ0v) is 17.1. The molecule has 2 fully saturated rings. The maximum absolute atomic E-state index is 12.2. The number of carbonyl (C=O) groups is 1. The summed E-state index contributed by atoms with van der Waals surface area (Å²) in [6, 6.07) is 5.66. The van der Waals surface area contributed by atoms with Crippen LogP contribution in [0.5, 0.6) is 0 Å². The van der Waals surface area contributed by atoms with Crippen molar-refractivity contribution < 1.29 is 9.53 Å². The van der Waals surface area contributed by atoms with Gasteiger partial charge in [-0.25, -0.2) is 9.79 Å². The van der Waals surface area contributed by atoms with Gasteiger partial charge in [-0.15, -0.1) is 0 Å². The SMILES string of the molecule is COC(=O)c1ccc(N2C(N)=NC(N)=NC23CCCCC3)c(N2CCCCC2)c1. The molecule has 4 N–H and O–H groups in total. The largest absolute Gasteiger partial charge is 0.465 e. The molecule has 1 aliphatic carbocycles. The highest BCUT2D eigenvalue weighted by Crippen LogP contribution is 2.43. The highest BCUT2D eigenvalue weighted by molar-refractivity contribution is 6.07. The lowest BCUT2D eigenvalue weighted by Gasteiger charge is -2.47. The topological polar surface area (TPSA) is 110 Å². The van der Waals surface area contributed by atoms with Crippen LogP contribution in [0.4, 0.5) is 11.4 Å². The molecular formula is C21H30N6O2. The third kappa shape index (κ3) is 3.63. The summed E-state index contributed by atoms with van der Waals surface area (Å²) in [4.78, 5) is 25.6. The van der Waals surface area contributed by atoms with E-state index in [1.165, 1.54) is 20.0 Å². The Morgan fingerprint density at radius 2 is 1.72 bits per heavy atom. The fourth-order valence-corrected chi connectivity index (χ4v) is 4.82. The van der Waals surface area contributed by atoms with Crippen LogP contribution in [0.2, 0.25) is 0 Å².